The molecule has 2 heterocycles. The Hall–Kier alpha value is -3.13. The first kappa shape index (κ1) is 19.6. The molecule has 8 nitrogen and oxygen atoms in total. The molecule has 0 bridgehead atoms. The smallest absolute Gasteiger partial charge is 0.313 e. The predicted octanol–water partition coefficient (Wildman–Crippen LogP) is 2.11. The number of anilines is 2. The van der Waals surface area contributed by atoms with Gasteiger partial charge in [-0.2, -0.15) is 0 Å². The number of benzene rings is 1. The lowest BCUT2D eigenvalue weighted by molar-refractivity contribution is -0.145. The first-order valence-electron chi connectivity index (χ1n) is 8.78. The number of nitrogen functional groups attached to an aromatic ring is 1. The standard InChI is InChI=1S/C19H20ClN5O3/c20-14-5-4-11(8-15(14)21)16-3-1-2-6-25(16)19(28)18(27)24-13-7-12(17(22)26)9-23-10-13/h4-5,7-10,16H,1-3,6,21H2,(H2,22,26)(H,24,27)/t16-/m0/s1. The quantitative estimate of drug-likeness (QED) is 0.535. The molecule has 2 aromatic rings. The molecule has 0 radical (unpaired) electrons. The van der Waals surface area contributed by atoms with Gasteiger partial charge >= 0.3 is 11.8 Å². The molecule has 1 aliphatic rings. The van der Waals surface area contributed by atoms with E-state index in [1.807, 2.05) is 6.07 Å². The molecule has 3 amide bonds. The van der Waals surface area contributed by atoms with Gasteiger partial charge in [-0.3, -0.25) is 19.4 Å². The molecule has 1 atom stereocenters. The van der Waals surface area contributed by atoms with Crippen molar-refractivity contribution in [3.8, 4) is 0 Å². The maximum absolute atomic E-state index is 12.8. The number of pyridine rings is 1. The second kappa shape index (κ2) is 8.26. The molecular weight excluding hydrogens is 382 g/mol. The van der Waals surface area contributed by atoms with Gasteiger partial charge in [0.2, 0.25) is 5.91 Å². The summed E-state index contributed by atoms with van der Waals surface area (Å²) in [6.07, 6.45) is 5.08. The van der Waals surface area contributed by atoms with Crippen LogP contribution in [0.3, 0.4) is 0 Å². The molecule has 0 spiro atoms. The van der Waals surface area contributed by atoms with Crippen LogP contribution >= 0.6 is 11.6 Å². The van der Waals surface area contributed by atoms with Gasteiger partial charge < -0.3 is 21.7 Å². The molecule has 1 saturated heterocycles. The fraction of sp³-hybridized carbons (Fsp3) is 0.263. The lowest BCUT2D eigenvalue weighted by Crippen LogP contribution is -2.44. The maximum atomic E-state index is 12.8. The van der Waals surface area contributed by atoms with Crippen molar-refractivity contribution in [3.63, 3.8) is 0 Å². The summed E-state index contributed by atoms with van der Waals surface area (Å²) in [7, 11) is 0. The van der Waals surface area contributed by atoms with Crippen molar-refractivity contribution in [3.05, 3.63) is 52.8 Å². The van der Waals surface area contributed by atoms with Crippen molar-refractivity contribution in [2.75, 3.05) is 17.6 Å². The summed E-state index contributed by atoms with van der Waals surface area (Å²) < 4.78 is 0. The molecule has 1 aromatic carbocycles. The van der Waals surface area contributed by atoms with Crippen LogP contribution in [-0.4, -0.2) is 34.2 Å². The van der Waals surface area contributed by atoms with Crippen molar-refractivity contribution >= 4 is 40.7 Å². The summed E-state index contributed by atoms with van der Waals surface area (Å²) in [4.78, 5) is 41.9. The van der Waals surface area contributed by atoms with Crippen LogP contribution < -0.4 is 16.8 Å². The minimum Gasteiger partial charge on any atom is -0.398 e. The molecule has 9 heteroatoms. The number of nitrogens with zero attached hydrogens (tertiary/aromatic N) is 2. The number of halogens is 1. The average molecular weight is 402 g/mol. The number of amides is 3. The number of nitrogens with two attached hydrogens (primary N) is 2. The third kappa shape index (κ3) is 4.23. The highest BCUT2D eigenvalue weighted by atomic mass is 35.5. The first-order chi connectivity index (χ1) is 13.4. The van der Waals surface area contributed by atoms with E-state index in [1.54, 1.807) is 12.1 Å². The van der Waals surface area contributed by atoms with E-state index in [-0.39, 0.29) is 17.3 Å². The van der Waals surface area contributed by atoms with Gasteiger partial charge in [0.1, 0.15) is 0 Å². The van der Waals surface area contributed by atoms with Crippen LogP contribution in [0.25, 0.3) is 0 Å². The second-order valence-electron chi connectivity index (χ2n) is 6.57. The van der Waals surface area contributed by atoms with Crippen molar-refractivity contribution in [1.29, 1.82) is 0 Å². The van der Waals surface area contributed by atoms with Crippen LogP contribution in [0, 0.1) is 0 Å². The second-order valence-corrected chi connectivity index (χ2v) is 6.98. The highest BCUT2D eigenvalue weighted by Gasteiger charge is 2.32. The van der Waals surface area contributed by atoms with Gasteiger partial charge in [0.15, 0.2) is 0 Å². The molecule has 28 heavy (non-hydrogen) atoms. The number of primary amides is 1. The number of hydrogen-bond donors (Lipinski definition) is 3. The van der Waals surface area contributed by atoms with E-state index in [0.29, 0.717) is 17.3 Å². The van der Waals surface area contributed by atoms with Crippen LogP contribution in [0.2, 0.25) is 5.02 Å². The molecular formula is C19H20ClN5O3. The molecule has 0 saturated carbocycles. The van der Waals surface area contributed by atoms with Gasteiger partial charge in [-0.1, -0.05) is 17.7 Å². The van der Waals surface area contributed by atoms with Crippen molar-refractivity contribution < 1.29 is 14.4 Å². The normalized spacial score (nSPS) is 16.5. The Labute approximate surface area is 166 Å². The van der Waals surface area contributed by atoms with Gasteiger partial charge in [0.25, 0.3) is 0 Å². The van der Waals surface area contributed by atoms with Crippen molar-refractivity contribution in [2.45, 2.75) is 25.3 Å². The number of likely N-dealkylation sites (tertiary alicyclic amines) is 1. The Kier molecular flexibility index (Phi) is 5.79. The molecule has 5 N–H and O–H groups in total. The number of nitrogens with one attached hydrogen (secondary N) is 1. The largest absolute Gasteiger partial charge is 0.398 e. The van der Waals surface area contributed by atoms with E-state index in [0.717, 1.165) is 24.8 Å². The van der Waals surface area contributed by atoms with E-state index in [9.17, 15) is 14.4 Å². The zero-order valence-electron chi connectivity index (χ0n) is 15.0. The average Bonchev–Trinajstić information content (AvgIpc) is 2.69. The number of carbonyl (C=O) groups is 3. The molecule has 0 aliphatic carbocycles. The lowest BCUT2D eigenvalue weighted by Gasteiger charge is -2.35. The highest BCUT2D eigenvalue weighted by molar-refractivity contribution is 6.39. The number of hydrogen-bond acceptors (Lipinski definition) is 5. The molecule has 1 aliphatic heterocycles. The third-order valence-electron chi connectivity index (χ3n) is 4.64. The summed E-state index contributed by atoms with van der Waals surface area (Å²) in [5.74, 6) is -2.15. The fourth-order valence-electron chi connectivity index (χ4n) is 3.25. The van der Waals surface area contributed by atoms with Crippen LogP contribution in [0.5, 0.6) is 0 Å². The van der Waals surface area contributed by atoms with Crippen LogP contribution in [0.1, 0.15) is 41.2 Å². The van der Waals surface area contributed by atoms with Crippen LogP contribution in [0.15, 0.2) is 36.7 Å². The number of aromatic nitrogens is 1. The topological polar surface area (TPSA) is 131 Å². The number of piperidine rings is 1. The van der Waals surface area contributed by atoms with Crippen molar-refractivity contribution in [2.24, 2.45) is 5.73 Å². The Morgan fingerprint density at radius 2 is 1.96 bits per heavy atom. The van der Waals surface area contributed by atoms with E-state index >= 15 is 0 Å². The maximum Gasteiger partial charge on any atom is 0.313 e. The fourth-order valence-corrected chi connectivity index (χ4v) is 3.37. The minimum absolute atomic E-state index is 0.137. The Morgan fingerprint density at radius 3 is 2.68 bits per heavy atom. The van der Waals surface area contributed by atoms with Gasteiger partial charge in [0.05, 0.1) is 34.2 Å². The van der Waals surface area contributed by atoms with Crippen LogP contribution in [-0.2, 0) is 9.59 Å². The summed E-state index contributed by atoms with van der Waals surface area (Å²) in [6.45, 7) is 0.457. The number of carbonyl (C=O) groups excluding carboxylic acids is 3. The first-order valence-corrected chi connectivity index (χ1v) is 9.16. The van der Waals surface area contributed by atoms with E-state index in [2.05, 4.69) is 10.3 Å². The van der Waals surface area contributed by atoms with Gasteiger partial charge in [-0.05, 0) is 43.0 Å². The van der Waals surface area contributed by atoms with E-state index in [4.69, 9.17) is 23.1 Å². The van der Waals surface area contributed by atoms with Gasteiger partial charge in [-0.15, -0.1) is 0 Å². The third-order valence-corrected chi connectivity index (χ3v) is 4.99. The SMILES string of the molecule is NC(=O)c1cncc(NC(=O)C(=O)N2CCCC[C@H]2c2ccc(Cl)c(N)c2)c1. The van der Waals surface area contributed by atoms with Crippen molar-refractivity contribution in [1.82, 2.24) is 9.88 Å². The molecule has 1 fully saturated rings. The van der Waals surface area contributed by atoms with E-state index in [1.165, 1.54) is 23.4 Å². The summed E-state index contributed by atoms with van der Waals surface area (Å²) in [5.41, 5.74) is 12.7. The monoisotopic (exact) mass is 401 g/mol. The molecule has 0 unspecified atom stereocenters. The van der Waals surface area contributed by atoms with E-state index < -0.39 is 17.7 Å². The predicted molar refractivity (Wildman–Crippen MR) is 106 cm³/mol. The Bertz CT molecular complexity index is 934. The summed E-state index contributed by atoms with van der Waals surface area (Å²) in [5, 5.41) is 2.92. The zero-order chi connectivity index (χ0) is 20.3. The van der Waals surface area contributed by atoms with Crippen LogP contribution in [0.4, 0.5) is 11.4 Å². The Balaban J connectivity index is 1.78. The minimum atomic E-state index is -0.808. The van der Waals surface area contributed by atoms with Gasteiger partial charge in [-0.25, -0.2) is 0 Å². The summed E-state index contributed by atoms with van der Waals surface area (Å²) in [6, 6.07) is 6.34. The molecule has 146 valence electrons. The Morgan fingerprint density at radius 1 is 1.18 bits per heavy atom. The molecule has 3 rings (SSSR count). The molecule has 1 aromatic heterocycles. The van der Waals surface area contributed by atoms with Gasteiger partial charge in [0, 0.05) is 12.7 Å². The summed E-state index contributed by atoms with van der Waals surface area (Å²) >= 11 is 5.99. The highest BCUT2D eigenvalue weighted by Crippen LogP contribution is 2.33. The lowest BCUT2D eigenvalue weighted by atomic mass is 9.94. The number of rotatable bonds is 3. The zero-order valence-corrected chi connectivity index (χ0v) is 15.8.